The molecule has 0 aliphatic carbocycles. The number of hydrogen-bond donors (Lipinski definition) is 0. The maximum absolute atomic E-state index is 12.4. The lowest BCUT2D eigenvalue weighted by atomic mass is 9.92. The molecule has 0 spiro atoms. The van der Waals surface area contributed by atoms with Crippen molar-refractivity contribution in [1.29, 1.82) is 0 Å². The van der Waals surface area contributed by atoms with Crippen LogP contribution < -0.4 is 0 Å². The molecule has 0 aromatic heterocycles. The Morgan fingerprint density at radius 2 is 1.89 bits per heavy atom. The molecule has 2 nitrogen and oxygen atoms in total. The van der Waals surface area contributed by atoms with Gasteiger partial charge >= 0.3 is 0 Å². The Balaban J connectivity index is 1.93. The fourth-order valence-electron chi connectivity index (χ4n) is 2.75. The smallest absolute Gasteiger partial charge is 0.253 e. The third kappa shape index (κ3) is 3.73. The van der Waals surface area contributed by atoms with Crippen LogP contribution >= 0.6 is 11.6 Å². The molecule has 1 aromatic rings. The standard InChI is InChI=1S/C16H22ClNO/c1-2-3-13-8-10-18(11-9-13)16(19)15-6-4-14(12-17)5-7-15/h4-7,13H,2-3,8-12H2,1H3. The zero-order valence-electron chi connectivity index (χ0n) is 11.6. The summed E-state index contributed by atoms with van der Waals surface area (Å²) in [5.41, 5.74) is 1.84. The van der Waals surface area contributed by atoms with E-state index in [4.69, 9.17) is 11.6 Å². The summed E-state index contributed by atoms with van der Waals surface area (Å²) in [7, 11) is 0. The minimum atomic E-state index is 0.163. The molecule has 1 saturated heterocycles. The van der Waals surface area contributed by atoms with Crippen LogP contribution in [0.15, 0.2) is 24.3 Å². The average Bonchev–Trinajstić information content (AvgIpc) is 2.48. The second kappa shape index (κ2) is 6.95. The van der Waals surface area contributed by atoms with E-state index in [1.54, 1.807) is 0 Å². The highest BCUT2D eigenvalue weighted by Gasteiger charge is 2.22. The van der Waals surface area contributed by atoms with Gasteiger partial charge in [0.1, 0.15) is 0 Å². The van der Waals surface area contributed by atoms with Crippen molar-refractivity contribution in [3.8, 4) is 0 Å². The number of alkyl halides is 1. The Morgan fingerprint density at radius 3 is 2.42 bits per heavy atom. The molecular formula is C16H22ClNO. The topological polar surface area (TPSA) is 20.3 Å². The molecule has 0 N–H and O–H groups in total. The molecule has 1 amide bonds. The van der Waals surface area contributed by atoms with Crippen molar-refractivity contribution in [3.63, 3.8) is 0 Å². The second-order valence-electron chi connectivity index (χ2n) is 5.35. The predicted molar refractivity (Wildman–Crippen MR) is 79.5 cm³/mol. The molecular weight excluding hydrogens is 258 g/mol. The first kappa shape index (κ1) is 14.4. The number of amides is 1. The molecule has 0 atom stereocenters. The lowest BCUT2D eigenvalue weighted by molar-refractivity contribution is 0.0686. The van der Waals surface area contributed by atoms with Crippen LogP contribution in [0.5, 0.6) is 0 Å². The van der Waals surface area contributed by atoms with Gasteiger partial charge < -0.3 is 4.90 Å². The number of rotatable bonds is 4. The highest BCUT2D eigenvalue weighted by Crippen LogP contribution is 2.23. The number of likely N-dealkylation sites (tertiary alicyclic amines) is 1. The fraction of sp³-hybridized carbons (Fsp3) is 0.562. The van der Waals surface area contributed by atoms with Crippen molar-refractivity contribution in [2.45, 2.75) is 38.5 Å². The molecule has 19 heavy (non-hydrogen) atoms. The molecule has 0 radical (unpaired) electrons. The number of hydrogen-bond acceptors (Lipinski definition) is 1. The van der Waals surface area contributed by atoms with E-state index in [-0.39, 0.29) is 5.91 Å². The van der Waals surface area contributed by atoms with Crippen molar-refractivity contribution in [2.75, 3.05) is 13.1 Å². The maximum Gasteiger partial charge on any atom is 0.253 e. The van der Waals surface area contributed by atoms with Crippen molar-refractivity contribution >= 4 is 17.5 Å². The van der Waals surface area contributed by atoms with Gasteiger partial charge in [0.2, 0.25) is 0 Å². The molecule has 2 rings (SSSR count). The van der Waals surface area contributed by atoms with Gasteiger partial charge in [-0.15, -0.1) is 11.6 Å². The molecule has 1 aliphatic rings. The predicted octanol–water partition coefficient (Wildman–Crippen LogP) is 4.08. The molecule has 0 bridgehead atoms. The van der Waals surface area contributed by atoms with E-state index in [2.05, 4.69) is 6.92 Å². The zero-order chi connectivity index (χ0) is 13.7. The first-order valence-corrected chi connectivity index (χ1v) is 7.72. The SMILES string of the molecule is CCCC1CCN(C(=O)c2ccc(CCl)cc2)CC1. The van der Waals surface area contributed by atoms with Gasteiger partial charge in [-0.1, -0.05) is 31.9 Å². The summed E-state index contributed by atoms with van der Waals surface area (Å²) in [5.74, 6) is 1.47. The summed E-state index contributed by atoms with van der Waals surface area (Å²) in [4.78, 5) is 14.3. The van der Waals surface area contributed by atoms with Crippen molar-refractivity contribution < 1.29 is 4.79 Å². The maximum atomic E-state index is 12.4. The van der Waals surface area contributed by atoms with Crippen LogP contribution in [0, 0.1) is 5.92 Å². The minimum Gasteiger partial charge on any atom is -0.339 e. The van der Waals surface area contributed by atoms with Crippen LogP contribution in [0.2, 0.25) is 0 Å². The highest BCUT2D eigenvalue weighted by atomic mass is 35.5. The number of carbonyl (C=O) groups excluding carboxylic acids is 1. The van der Waals surface area contributed by atoms with Crippen LogP contribution in [-0.2, 0) is 5.88 Å². The van der Waals surface area contributed by atoms with E-state index in [0.29, 0.717) is 5.88 Å². The van der Waals surface area contributed by atoms with Crippen LogP contribution in [-0.4, -0.2) is 23.9 Å². The Hall–Kier alpha value is -1.02. The lowest BCUT2D eigenvalue weighted by Gasteiger charge is -2.32. The lowest BCUT2D eigenvalue weighted by Crippen LogP contribution is -2.38. The van der Waals surface area contributed by atoms with Crippen molar-refractivity contribution in [3.05, 3.63) is 35.4 Å². The van der Waals surface area contributed by atoms with E-state index < -0.39 is 0 Å². The summed E-state index contributed by atoms with van der Waals surface area (Å²) in [6.07, 6.45) is 4.85. The van der Waals surface area contributed by atoms with E-state index in [1.807, 2.05) is 29.2 Å². The number of nitrogens with zero attached hydrogens (tertiary/aromatic N) is 1. The van der Waals surface area contributed by atoms with Gasteiger partial charge in [-0.25, -0.2) is 0 Å². The summed E-state index contributed by atoms with van der Waals surface area (Å²) in [6.45, 7) is 4.04. The Kier molecular flexibility index (Phi) is 5.26. The summed E-state index contributed by atoms with van der Waals surface area (Å²) in [5, 5.41) is 0. The summed E-state index contributed by atoms with van der Waals surface area (Å²) in [6, 6.07) is 7.64. The van der Waals surface area contributed by atoms with Crippen molar-refractivity contribution in [1.82, 2.24) is 4.90 Å². The van der Waals surface area contributed by atoms with E-state index in [0.717, 1.165) is 43.0 Å². The Labute approximate surface area is 120 Å². The van der Waals surface area contributed by atoms with Gasteiger partial charge in [0.05, 0.1) is 0 Å². The van der Waals surface area contributed by atoms with E-state index in [9.17, 15) is 4.79 Å². The highest BCUT2D eigenvalue weighted by molar-refractivity contribution is 6.17. The number of halogens is 1. The molecule has 1 aromatic carbocycles. The fourth-order valence-corrected chi connectivity index (χ4v) is 2.93. The van der Waals surface area contributed by atoms with E-state index >= 15 is 0 Å². The average molecular weight is 280 g/mol. The van der Waals surface area contributed by atoms with Crippen LogP contribution in [0.1, 0.15) is 48.5 Å². The zero-order valence-corrected chi connectivity index (χ0v) is 12.3. The molecule has 3 heteroatoms. The third-order valence-electron chi connectivity index (χ3n) is 3.95. The minimum absolute atomic E-state index is 0.163. The molecule has 1 fully saturated rings. The Morgan fingerprint density at radius 1 is 1.26 bits per heavy atom. The van der Waals surface area contributed by atoms with Gasteiger partial charge in [-0.05, 0) is 36.5 Å². The van der Waals surface area contributed by atoms with Crippen LogP contribution in [0.4, 0.5) is 0 Å². The Bertz CT molecular complexity index is 407. The molecule has 1 heterocycles. The molecule has 104 valence electrons. The second-order valence-corrected chi connectivity index (χ2v) is 5.62. The molecule has 0 unspecified atom stereocenters. The molecule has 1 aliphatic heterocycles. The quantitative estimate of drug-likeness (QED) is 0.761. The van der Waals surface area contributed by atoms with Gasteiger partial charge in [-0.3, -0.25) is 4.79 Å². The van der Waals surface area contributed by atoms with Gasteiger partial charge in [0, 0.05) is 24.5 Å². The monoisotopic (exact) mass is 279 g/mol. The first-order valence-electron chi connectivity index (χ1n) is 7.18. The van der Waals surface area contributed by atoms with Crippen LogP contribution in [0.3, 0.4) is 0 Å². The normalized spacial score (nSPS) is 16.6. The largest absolute Gasteiger partial charge is 0.339 e. The van der Waals surface area contributed by atoms with Crippen LogP contribution in [0.25, 0.3) is 0 Å². The number of carbonyl (C=O) groups is 1. The van der Waals surface area contributed by atoms with E-state index in [1.165, 1.54) is 12.8 Å². The van der Waals surface area contributed by atoms with Gasteiger partial charge in [0.25, 0.3) is 5.91 Å². The van der Waals surface area contributed by atoms with Crippen molar-refractivity contribution in [2.24, 2.45) is 5.92 Å². The van der Waals surface area contributed by atoms with Gasteiger partial charge in [0.15, 0.2) is 0 Å². The number of benzene rings is 1. The van der Waals surface area contributed by atoms with Gasteiger partial charge in [-0.2, -0.15) is 0 Å². The summed E-state index contributed by atoms with van der Waals surface area (Å²) < 4.78 is 0. The summed E-state index contributed by atoms with van der Waals surface area (Å²) >= 11 is 5.76. The first-order chi connectivity index (χ1) is 9.24. The third-order valence-corrected chi connectivity index (χ3v) is 4.26. The molecule has 0 saturated carbocycles. The number of piperidine rings is 1.